The van der Waals surface area contributed by atoms with E-state index in [0.29, 0.717) is 44.2 Å². The molecule has 0 saturated carbocycles. The first kappa shape index (κ1) is 84.4. The van der Waals surface area contributed by atoms with Crippen molar-refractivity contribution < 1.29 is 72.8 Å². The molecule has 4 heterocycles. The number of hydrazine groups is 1. The third-order valence-electron chi connectivity index (χ3n) is 13.3. The van der Waals surface area contributed by atoms with Crippen LogP contribution in [0.15, 0.2) is 58.7 Å². The van der Waals surface area contributed by atoms with Gasteiger partial charge in [-0.1, -0.05) is 98.5 Å². The summed E-state index contributed by atoms with van der Waals surface area (Å²) < 4.78 is 46.1. The second kappa shape index (κ2) is 51.5. The zero-order valence-corrected chi connectivity index (χ0v) is 52.9. The minimum Gasteiger partial charge on any atom is -0.463 e. The predicted octanol–water partition coefficient (Wildman–Crippen LogP) is 8.50. The van der Waals surface area contributed by atoms with Gasteiger partial charge in [-0.15, -0.1) is 6.58 Å². The van der Waals surface area contributed by atoms with Gasteiger partial charge in [-0.25, -0.2) is 10.2 Å². The Kier molecular flexibility index (Phi) is 55.0. The Balaban J connectivity index is -0.000000352. The van der Waals surface area contributed by atoms with Gasteiger partial charge in [0.25, 0.3) is 0 Å². The number of ether oxygens (including phenoxy) is 5. The molecule has 0 amide bonds. The number of methoxy groups -OCH3 is 1. The van der Waals surface area contributed by atoms with Crippen LogP contribution >= 0.6 is 0 Å². The van der Waals surface area contributed by atoms with E-state index in [0.717, 1.165) is 39.2 Å². The van der Waals surface area contributed by atoms with Gasteiger partial charge in [0.2, 0.25) is 0 Å². The van der Waals surface area contributed by atoms with E-state index in [9.17, 15) is 34.4 Å². The number of allylic oxidation sites excluding steroid dienone is 2. The molecule has 3 aliphatic heterocycles. The first-order valence-electron chi connectivity index (χ1n) is 28.6. The molecule has 10 N–H and O–H groups in total. The first-order chi connectivity index (χ1) is 37.4. The number of rotatable bonds is 13. The summed E-state index contributed by atoms with van der Waals surface area (Å²) in [6.45, 7) is 36.2. The fraction of sp³-hybridized carbons (Fsp3) is 0.814. The van der Waals surface area contributed by atoms with Gasteiger partial charge in [-0.3, -0.25) is 9.59 Å². The van der Waals surface area contributed by atoms with E-state index < -0.39 is 80.2 Å². The predicted molar refractivity (Wildman–Crippen MR) is 315 cm³/mol. The van der Waals surface area contributed by atoms with Crippen LogP contribution < -0.4 is 11.6 Å². The quantitative estimate of drug-likeness (QED) is 0.0397. The molecule has 0 spiro atoms. The Hall–Kier alpha value is -3.38. The molecule has 0 aliphatic carbocycles. The lowest BCUT2D eigenvalue weighted by atomic mass is 9.82. The van der Waals surface area contributed by atoms with Crippen LogP contribution in [-0.4, -0.2) is 173 Å². The molecule has 3 fully saturated rings. The largest absolute Gasteiger partial charge is 0.463 e. The SMILES string of the molecule is C/C=C(\C)CC(CF)N(N)/C=C(\N)CCN(C)C1CC(C)OC(O)C1.C=C(C)CC.CC.CC.CC.CO.CO.COC1C[C@@H](C)C(=O)C(C)C(O)C(O)COC(=O)C(C)[C@@H](O[C@H]2CC(C)C(O)C(C)O2)[C@H](C)C1.c1cnoc1. The van der Waals surface area contributed by atoms with Crippen LogP contribution in [0.1, 0.15) is 169 Å². The number of aromatic nitrogens is 1. The number of nitrogens with two attached hydrogens (primary N) is 2. The molecule has 16 atom stereocenters. The number of nitrogens with zero attached hydrogens (tertiary/aromatic N) is 3. The number of halogens is 1. The van der Waals surface area contributed by atoms with Crippen molar-refractivity contribution in [3.05, 3.63) is 54.2 Å². The molecule has 79 heavy (non-hydrogen) atoms. The van der Waals surface area contributed by atoms with Crippen molar-refractivity contribution in [1.82, 2.24) is 15.1 Å². The average Bonchev–Trinajstić information content (AvgIpc) is 4.06. The second-order valence-corrected chi connectivity index (χ2v) is 19.5. The van der Waals surface area contributed by atoms with E-state index in [1.807, 2.05) is 96.2 Å². The van der Waals surface area contributed by atoms with Crippen molar-refractivity contribution in [1.29, 1.82) is 0 Å². The Morgan fingerprint density at radius 2 is 1.46 bits per heavy atom. The highest BCUT2D eigenvalue weighted by Crippen LogP contribution is 2.33. The lowest BCUT2D eigenvalue weighted by molar-refractivity contribution is -0.260. The van der Waals surface area contributed by atoms with Gasteiger partial charge >= 0.3 is 5.97 Å². The van der Waals surface area contributed by atoms with Gasteiger partial charge < -0.3 is 74.5 Å². The van der Waals surface area contributed by atoms with Crippen molar-refractivity contribution in [3.63, 3.8) is 0 Å². The fourth-order valence-electron chi connectivity index (χ4n) is 8.32. The summed E-state index contributed by atoms with van der Waals surface area (Å²) in [5.41, 5.74) is 9.03. The number of Topliss-reactive ketones (excluding diaryl/α,β-unsaturated/α-hetero) is 1. The molecule has 1 aromatic rings. The zero-order chi connectivity index (χ0) is 62.5. The number of esters is 1. The zero-order valence-electron chi connectivity index (χ0n) is 52.9. The number of carbonyl (C=O) groups excluding carboxylic acids is 2. The molecule has 20 heteroatoms. The molecule has 0 bridgehead atoms. The van der Waals surface area contributed by atoms with Gasteiger partial charge in [0.15, 0.2) is 12.6 Å². The van der Waals surface area contributed by atoms with Gasteiger partial charge in [0.1, 0.15) is 31.4 Å². The van der Waals surface area contributed by atoms with Crippen LogP contribution in [0.2, 0.25) is 0 Å². The van der Waals surface area contributed by atoms with Crippen LogP contribution in [0.5, 0.6) is 0 Å². The number of carbonyl (C=O) groups is 2. The smallest absolute Gasteiger partial charge is 0.311 e. The topological polar surface area (TPSA) is 286 Å². The van der Waals surface area contributed by atoms with Crippen LogP contribution in [0.25, 0.3) is 0 Å². The number of cyclic esters (lactones) is 1. The Morgan fingerprint density at radius 3 is 1.90 bits per heavy atom. The van der Waals surface area contributed by atoms with Crippen molar-refractivity contribution in [3.8, 4) is 0 Å². The number of hydrogen-bond donors (Lipinski definition) is 8. The Bertz CT molecular complexity index is 1610. The number of hydrogen-bond acceptors (Lipinski definition) is 19. The van der Waals surface area contributed by atoms with E-state index in [1.54, 1.807) is 53.3 Å². The van der Waals surface area contributed by atoms with E-state index in [2.05, 4.69) is 28.1 Å². The lowest BCUT2D eigenvalue weighted by Gasteiger charge is -2.40. The molecule has 1 aromatic heterocycles. The van der Waals surface area contributed by atoms with E-state index in [1.165, 1.54) is 16.8 Å². The second-order valence-electron chi connectivity index (χ2n) is 19.5. The average molecular weight is 1140 g/mol. The van der Waals surface area contributed by atoms with Crippen molar-refractivity contribution in [2.45, 2.75) is 236 Å². The summed E-state index contributed by atoms with van der Waals surface area (Å²) in [7, 11) is 5.60. The molecule has 19 nitrogen and oxygen atoms in total. The standard InChI is InChI=1S/C25H44O9.C18H35FN4O2.C5H10.C3H3NO.3C2H6.2CH4O/c1-12-8-18(31-7)9-14(3)24(34-20-10-13(2)22(28)17(6)33-20)16(5)25(30)32-11-19(26)23(29)15(4)21(12)27;1-5-13(2)8-17(11-19)23(21)12-15(20)6-7-22(4)16-9-14(3)25-18(24)10-16;1-4-5(2)3;1-2-4-5-3-1;5*1-2/h12-20,22-24,26,28-29H,8-11H2,1-7H3;5,12,14,16-18,24H,6-11,20-21H2,1-4H3;2,4H2,1,3H3;1-3H;3*1-2H3;2*2H,1H3/b;13-5+,15-12-;;;;;;;/t12-,13?,14-,15?,16?,17?,18?,19?,20+,22?,23?,24+;;;;;;;;/m1......../s1. The maximum Gasteiger partial charge on any atom is 0.311 e. The minimum absolute atomic E-state index is 0.0259. The highest BCUT2D eigenvalue weighted by molar-refractivity contribution is 5.83. The third kappa shape index (κ3) is 36.7. The highest BCUT2D eigenvalue weighted by atomic mass is 19.1. The number of alkyl halides is 1. The summed E-state index contributed by atoms with van der Waals surface area (Å²) >= 11 is 0. The van der Waals surface area contributed by atoms with Crippen molar-refractivity contribution in [2.24, 2.45) is 41.2 Å². The van der Waals surface area contributed by atoms with E-state index >= 15 is 0 Å². The van der Waals surface area contributed by atoms with Gasteiger partial charge in [-0.2, -0.15) is 0 Å². The number of ketones is 1. The molecule has 0 radical (unpaired) electrons. The highest BCUT2D eigenvalue weighted by Gasteiger charge is 2.41. The van der Waals surface area contributed by atoms with Crippen LogP contribution in [0, 0.1) is 29.6 Å². The summed E-state index contributed by atoms with van der Waals surface area (Å²) in [5, 5.41) is 59.5. The van der Waals surface area contributed by atoms with Gasteiger partial charge in [0.05, 0.1) is 54.8 Å². The summed E-state index contributed by atoms with van der Waals surface area (Å²) in [4.78, 5) is 27.9. The van der Waals surface area contributed by atoms with Crippen LogP contribution in [0.3, 0.4) is 0 Å². The Labute approximate surface area is 478 Å². The summed E-state index contributed by atoms with van der Waals surface area (Å²) in [5.74, 6) is 3.16. The van der Waals surface area contributed by atoms with Crippen molar-refractivity contribution in [2.75, 3.05) is 48.2 Å². The summed E-state index contributed by atoms with van der Waals surface area (Å²) in [6.07, 6.45) is 6.12. The van der Waals surface area contributed by atoms with Crippen molar-refractivity contribution >= 4 is 11.8 Å². The maximum absolute atomic E-state index is 13.2. The molecule has 4 rings (SSSR count). The first-order valence-corrected chi connectivity index (χ1v) is 28.6. The number of aliphatic hydroxyl groups is 6. The van der Waals surface area contributed by atoms with E-state index in [4.69, 9.17) is 45.5 Å². The monoisotopic (exact) mass is 1140 g/mol. The molecule has 470 valence electrons. The molecular weight excluding hydrogens is 1020 g/mol. The lowest BCUT2D eigenvalue weighted by Crippen LogP contribution is -2.47. The molecule has 3 saturated heterocycles. The molecule has 0 aromatic carbocycles. The van der Waals surface area contributed by atoms with E-state index in [-0.39, 0.29) is 41.8 Å². The van der Waals surface area contributed by atoms with Gasteiger partial charge in [0, 0.05) is 76.9 Å². The third-order valence-corrected chi connectivity index (χ3v) is 13.3. The molecular formula is C59H118FN5O14. The molecule has 3 aliphatic rings. The minimum atomic E-state index is -1.38. The Morgan fingerprint density at radius 1 is 0.886 bits per heavy atom. The normalized spacial score (nSPS) is 29.6. The fourth-order valence-corrected chi connectivity index (χ4v) is 8.32. The number of aliphatic hydroxyl groups excluding tert-OH is 6. The van der Waals surface area contributed by atoms with Crippen LogP contribution in [-0.2, 0) is 33.3 Å². The summed E-state index contributed by atoms with van der Waals surface area (Å²) in [6, 6.07) is 1.58. The van der Waals surface area contributed by atoms with Gasteiger partial charge in [-0.05, 0) is 98.6 Å². The molecule has 12 unspecified atom stereocenters. The van der Waals surface area contributed by atoms with Crippen LogP contribution in [0.4, 0.5) is 4.39 Å². The maximum atomic E-state index is 13.2.